The van der Waals surface area contributed by atoms with Crippen LogP contribution in [0.1, 0.15) is 31.4 Å². The monoisotopic (exact) mass is 318 g/mol. The molecule has 1 saturated carbocycles. The quantitative estimate of drug-likeness (QED) is 0.864. The molecule has 3 aliphatic rings. The third-order valence-corrected chi connectivity index (χ3v) is 4.74. The molecule has 0 unspecified atom stereocenters. The lowest BCUT2D eigenvalue weighted by Gasteiger charge is -2.28. The molecule has 1 aromatic rings. The molecule has 1 N–H and O–H groups in total. The number of nitrogens with zero attached hydrogens (tertiary/aromatic N) is 1. The average Bonchev–Trinajstić information content (AvgIpc) is 3.32. The fourth-order valence-corrected chi connectivity index (χ4v) is 3.56. The Morgan fingerprint density at radius 1 is 1.27 bits per heavy atom. The normalized spacial score (nSPS) is 25.1. The van der Waals surface area contributed by atoms with Crippen molar-refractivity contribution < 1.29 is 14.3 Å². The van der Waals surface area contributed by atoms with E-state index in [-0.39, 0.29) is 18.0 Å². The van der Waals surface area contributed by atoms with Gasteiger partial charge < -0.3 is 14.8 Å². The first-order valence-corrected chi connectivity index (χ1v) is 8.09. The highest BCUT2D eigenvalue weighted by atomic mass is 32.1. The van der Waals surface area contributed by atoms with Crippen LogP contribution in [-0.4, -0.2) is 35.2 Å². The van der Waals surface area contributed by atoms with Gasteiger partial charge in [0.25, 0.3) is 5.91 Å². The van der Waals surface area contributed by atoms with Crippen molar-refractivity contribution in [2.24, 2.45) is 5.92 Å². The minimum absolute atomic E-state index is 0.00623. The molecule has 116 valence electrons. The summed E-state index contributed by atoms with van der Waals surface area (Å²) in [6.07, 6.45) is 2.25. The van der Waals surface area contributed by atoms with Gasteiger partial charge in [0.05, 0.1) is 6.04 Å². The second kappa shape index (κ2) is 5.12. The zero-order chi connectivity index (χ0) is 15.3. The van der Waals surface area contributed by atoms with Gasteiger partial charge >= 0.3 is 0 Å². The van der Waals surface area contributed by atoms with Crippen molar-refractivity contribution in [2.45, 2.75) is 31.8 Å². The number of nitrogens with one attached hydrogen (secondary N) is 1. The van der Waals surface area contributed by atoms with E-state index in [1.807, 2.05) is 25.1 Å². The molecule has 1 saturated heterocycles. The van der Waals surface area contributed by atoms with Gasteiger partial charge in [0.2, 0.25) is 0 Å². The molecule has 6 heteroatoms. The molecule has 0 bridgehead atoms. The first kappa shape index (κ1) is 13.8. The number of fused-ring (bicyclic) bond motifs is 1. The lowest BCUT2D eigenvalue weighted by atomic mass is 10.00. The van der Waals surface area contributed by atoms with Crippen molar-refractivity contribution in [3.8, 4) is 11.5 Å². The first-order valence-electron chi connectivity index (χ1n) is 7.68. The third kappa shape index (κ3) is 2.22. The molecule has 22 heavy (non-hydrogen) atoms. The molecule has 0 spiro atoms. The molecule has 2 atom stereocenters. The summed E-state index contributed by atoms with van der Waals surface area (Å²) < 4.78 is 11.3. The molecule has 4 rings (SSSR count). The van der Waals surface area contributed by atoms with Crippen molar-refractivity contribution in [3.63, 3.8) is 0 Å². The van der Waals surface area contributed by atoms with Gasteiger partial charge in [0.15, 0.2) is 16.6 Å². The Hall–Kier alpha value is -1.82. The van der Waals surface area contributed by atoms with E-state index in [1.165, 1.54) is 0 Å². The molecule has 1 amide bonds. The number of carbonyl (C=O) groups excluding carboxylic acids is 1. The second-order valence-electron chi connectivity index (χ2n) is 6.06. The Morgan fingerprint density at radius 2 is 2.00 bits per heavy atom. The van der Waals surface area contributed by atoms with Crippen LogP contribution in [-0.2, 0) is 4.79 Å². The van der Waals surface area contributed by atoms with Gasteiger partial charge in [-0.25, -0.2) is 0 Å². The molecule has 0 aromatic heterocycles. The predicted molar refractivity (Wildman–Crippen MR) is 84.9 cm³/mol. The van der Waals surface area contributed by atoms with Crippen LogP contribution in [0.2, 0.25) is 0 Å². The minimum atomic E-state index is -0.244. The summed E-state index contributed by atoms with van der Waals surface area (Å²) in [7, 11) is 0. The van der Waals surface area contributed by atoms with Crippen molar-refractivity contribution >= 4 is 23.2 Å². The van der Waals surface area contributed by atoms with Crippen LogP contribution in [0.4, 0.5) is 0 Å². The first-order chi connectivity index (χ1) is 10.6. The van der Waals surface area contributed by atoms with Gasteiger partial charge in [0.1, 0.15) is 19.3 Å². The summed E-state index contributed by atoms with van der Waals surface area (Å²) in [5.74, 6) is 2.05. The van der Waals surface area contributed by atoms with Crippen molar-refractivity contribution in [2.75, 3.05) is 13.2 Å². The van der Waals surface area contributed by atoms with Crippen LogP contribution >= 0.6 is 12.2 Å². The molecular weight excluding hydrogens is 300 g/mol. The second-order valence-corrected chi connectivity index (χ2v) is 6.45. The molecule has 1 aromatic carbocycles. The lowest BCUT2D eigenvalue weighted by molar-refractivity contribution is -0.128. The zero-order valence-electron chi connectivity index (χ0n) is 12.4. The Kier molecular flexibility index (Phi) is 3.22. The number of thiocarbonyl (C=S) groups is 1. The largest absolute Gasteiger partial charge is 0.486 e. The van der Waals surface area contributed by atoms with E-state index in [9.17, 15) is 4.79 Å². The maximum absolute atomic E-state index is 12.5. The highest BCUT2D eigenvalue weighted by molar-refractivity contribution is 7.80. The Bertz CT molecular complexity index is 644. The highest BCUT2D eigenvalue weighted by Gasteiger charge is 2.45. The van der Waals surface area contributed by atoms with Crippen LogP contribution < -0.4 is 14.8 Å². The summed E-state index contributed by atoms with van der Waals surface area (Å²) in [5.41, 5.74) is 1.07. The number of ether oxygens (including phenoxy) is 2. The van der Waals surface area contributed by atoms with Crippen LogP contribution in [0.15, 0.2) is 18.2 Å². The number of carbonyl (C=O) groups is 1. The van der Waals surface area contributed by atoms with Crippen molar-refractivity contribution in [1.82, 2.24) is 10.2 Å². The number of rotatable bonds is 3. The molecule has 1 aliphatic carbocycles. The number of hydrogen-bond acceptors (Lipinski definition) is 4. The van der Waals surface area contributed by atoms with Gasteiger partial charge in [-0.05, 0) is 55.6 Å². The maximum atomic E-state index is 12.5. The summed E-state index contributed by atoms with van der Waals surface area (Å²) >= 11 is 5.38. The minimum Gasteiger partial charge on any atom is -0.486 e. The highest BCUT2D eigenvalue weighted by Crippen LogP contribution is 2.47. The van der Waals surface area contributed by atoms with Crippen molar-refractivity contribution in [1.29, 1.82) is 0 Å². The summed E-state index contributed by atoms with van der Waals surface area (Å²) in [4.78, 5) is 14.2. The standard InChI is InChI=1S/C16H18N2O3S/c1-9-15(19)18(16(22)17-9)14(10-2-3-10)11-4-5-12-13(8-11)21-7-6-20-12/h4-5,8-10,14H,2-3,6-7H2,1H3,(H,17,22)/t9-,14-/m0/s1. The molecule has 2 fully saturated rings. The average molecular weight is 318 g/mol. The van der Waals surface area contributed by atoms with E-state index in [0.717, 1.165) is 29.9 Å². The summed E-state index contributed by atoms with van der Waals surface area (Å²) in [6, 6.07) is 5.70. The lowest BCUT2D eigenvalue weighted by Crippen LogP contribution is -2.36. The Labute approximate surface area is 134 Å². The molecule has 2 heterocycles. The SMILES string of the molecule is C[C@@H]1NC(=S)N([C@H](c2ccc3c(c2)OCCO3)C2CC2)C1=O. The van der Waals surface area contributed by atoms with E-state index >= 15 is 0 Å². The van der Waals surface area contributed by atoms with E-state index in [2.05, 4.69) is 5.32 Å². The van der Waals surface area contributed by atoms with Gasteiger partial charge in [-0.2, -0.15) is 0 Å². The van der Waals surface area contributed by atoms with Crippen LogP contribution in [0.3, 0.4) is 0 Å². The smallest absolute Gasteiger partial charge is 0.251 e. The van der Waals surface area contributed by atoms with Gasteiger partial charge in [-0.1, -0.05) is 6.07 Å². The predicted octanol–water partition coefficient (Wildman–Crippen LogP) is 2.01. The van der Waals surface area contributed by atoms with E-state index in [4.69, 9.17) is 21.7 Å². The van der Waals surface area contributed by atoms with Crippen LogP contribution in [0.5, 0.6) is 11.5 Å². The number of amides is 1. The Morgan fingerprint density at radius 3 is 2.64 bits per heavy atom. The van der Waals surface area contributed by atoms with Gasteiger partial charge in [-0.15, -0.1) is 0 Å². The topological polar surface area (TPSA) is 50.8 Å². The van der Waals surface area contributed by atoms with Crippen LogP contribution in [0, 0.1) is 5.92 Å². The van der Waals surface area contributed by atoms with Gasteiger partial charge in [-0.3, -0.25) is 9.69 Å². The summed E-state index contributed by atoms with van der Waals surface area (Å²) in [5, 5.41) is 3.60. The molecule has 2 aliphatic heterocycles. The summed E-state index contributed by atoms with van der Waals surface area (Å²) in [6.45, 7) is 2.99. The molecule has 5 nitrogen and oxygen atoms in total. The maximum Gasteiger partial charge on any atom is 0.251 e. The fourth-order valence-electron chi connectivity index (χ4n) is 3.18. The molecular formula is C16H18N2O3S. The third-order valence-electron chi connectivity index (χ3n) is 4.42. The van der Waals surface area contributed by atoms with Gasteiger partial charge in [0, 0.05) is 0 Å². The zero-order valence-corrected chi connectivity index (χ0v) is 13.2. The van der Waals surface area contributed by atoms with E-state index in [0.29, 0.717) is 24.2 Å². The number of hydrogen-bond donors (Lipinski definition) is 1. The van der Waals surface area contributed by atoms with Crippen LogP contribution in [0.25, 0.3) is 0 Å². The molecule has 0 radical (unpaired) electrons. The Balaban J connectivity index is 1.71. The number of benzene rings is 1. The van der Waals surface area contributed by atoms with E-state index in [1.54, 1.807) is 4.90 Å². The van der Waals surface area contributed by atoms with Crippen molar-refractivity contribution in [3.05, 3.63) is 23.8 Å². The van der Waals surface area contributed by atoms with E-state index < -0.39 is 0 Å². The fraction of sp³-hybridized carbons (Fsp3) is 0.500.